The highest BCUT2D eigenvalue weighted by Crippen LogP contribution is 2.30. The number of aliphatic hydroxyl groups excluding tert-OH is 1. The molecule has 16 heavy (non-hydrogen) atoms. The Bertz CT molecular complexity index is 346. The Labute approximate surface area is 98.2 Å². The lowest BCUT2D eigenvalue weighted by Crippen LogP contribution is -2.10. The fourth-order valence-electron chi connectivity index (χ4n) is 1.26. The van der Waals surface area contributed by atoms with Crippen LogP contribution < -0.4 is 5.23 Å². The van der Waals surface area contributed by atoms with Crippen molar-refractivity contribution in [1.82, 2.24) is 0 Å². The van der Waals surface area contributed by atoms with Crippen molar-refractivity contribution in [2.24, 2.45) is 0 Å². The third kappa shape index (κ3) is 3.10. The van der Waals surface area contributed by atoms with Crippen LogP contribution in [0.3, 0.4) is 0 Å². The van der Waals surface area contributed by atoms with Gasteiger partial charge >= 0.3 is 0 Å². The van der Waals surface area contributed by atoms with Crippen LogP contribution in [0.2, 0.25) is 0 Å². The SMILES string of the molecule is CCOC(O)c1ccc(SC)c(N([O-])O)c1. The van der Waals surface area contributed by atoms with Crippen molar-refractivity contribution >= 4 is 17.4 Å². The molecule has 0 saturated carbocycles. The van der Waals surface area contributed by atoms with Gasteiger partial charge < -0.3 is 20.3 Å². The zero-order valence-corrected chi connectivity index (χ0v) is 9.90. The molecule has 0 aliphatic carbocycles. The summed E-state index contributed by atoms with van der Waals surface area (Å²) in [5.41, 5.74) is 0.535. The molecule has 0 fully saturated rings. The van der Waals surface area contributed by atoms with E-state index in [1.165, 1.54) is 17.8 Å². The summed E-state index contributed by atoms with van der Waals surface area (Å²) in [6, 6.07) is 4.71. The van der Waals surface area contributed by atoms with Gasteiger partial charge in [0.25, 0.3) is 0 Å². The summed E-state index contributed by atoms with van der Waals surface area (Å²) in [4.78, 5) is 0.630. The molecule has 0 aliphatic rings. The molecule has 1 aromatic rings. The smallest absolute Gasteiger partial charge is 0.181 e. The number of benzene rings is 1. The zero-order valence-electron chi connectivity index (χ0n) is 9.08. The van der Waals surface area contributed by atoms with Crippen LogP contribution in [0.15, 0.2) is 23.1 Å². The Hall–Kier alpha value is -0.790. The van der Waals surface area contributed by atoms with Crippen LogP contribution in [0.4, 0.5) is 5.69 Å². The number of thioether (sulfide) groups is 1. The number of aliphatic hydroxyl groups is 1. The Balaban J connectivity index is 3.01. The minimum absolute atomic E-state index is 0.101. The molecule has 0 bridgehead atoms. The molecule has 0 spiro atoms. The summed E-state index contributed by atoms with van der Waals surface area (Å²) in [5.74, 6) is 0. The van der Waals surface area contributed by atoms with Crippen LogP contribution >= 0.6 is 11.8 Å². The van der Waals surface area contributed by atoms with E-state index in [0.29, 0.717) is 17.1 Å². The number of rotatable bonds is 5. The average Bonchev–Trinajstić information content (AvgIpc) is 2.28. The molecular weight excluding hydrogens is 230 g/mol. The van der Waals surface area contributed by atoms with Gasteiger partial charge in [0.05, 0.1) is 5.69 Å². The van der Waals surface area contributed by atoms with E-state index in [1.807, 2.05) is 0 Å². The number of anilines is 1. The normalized spacial score (nSPS) is 12.6. The quantitative estimate of drug-likeness (QED) is 0.469. The molecule has 90 valence electrons. The number of hydrogen-bond donors (Lipinski definition) is 2. The predicted molar refractivity (Wildman–Crippen MR) is 62.4 cm³/mol. The maximum Gasteiger partial charge on any atom is 0.181 e. The van der Waals surface area contributed by atoms with Crippen LogP contribution in [0.5, 0.6) is 0 Å². The topological polar surface area (TPSA) is 76.0 Å². The summed E-state index contributed by atoms with van der Waals surface area (Å²) in [5, 5.41) is 29.2. The van der Waals surface area contributed by atoms with Crippen LogP contribution in [-0.4, -0.2) is 23.2 Å². The molecule has 6 heteroatoms. The molecule has 0 amide bonds. The van der Waals surface area contributed by atoms with E-state index in [2.05, 4.69) is 0 Å². The minimum atomic E-state index is -1.08. The number of hydrogen-bond acceptors (Lipinski definition) is 6. The molecule has 1 rings (SSSR count). The summed E-state index contributed by atoms with van der Waals surface area (Å²) >= 11 is 1.33. The molecular formula is C10H14NO4S-. The minimum Gasteiger partial charge on any atom is -0.733 e. The van der Waals surface area contributed by atoms with Gasteiger partial charge in [0.15, 0.2) is 6.29 Å². The third-order valence-electron chi connectivity index (χ3n) is 2.02. The first-order chi connectivity index (χ1) is 7.60. The highest BCUT2D eigenvalue weighted by atomic mass is 32.2. The third-order valence-corrected chi connectivity index (χ3v) is 2.80. The van der Waals surface area contributed by atoms with Gasteiger partial charge in [-0.2, -0.15) is 0 Å². The van der Waals surface area contributed by atoms with Gasteiger partial charge in [-0.05, 0) is 25.3 Å². The van der Waals surface area contributed by atoms with E-state index in [1.54, 1.807) is 25.3 Å². The lowest BCUT2D eigenvalue weighted by molar-refractivity contribution is -0.0979. The summed E-state index contributed by atoms with van der Waals surface area (Å²) in [7, 11) is 0. The van der Waals surface area contributed by atoms with Crippen LogP contribution in [0.25, 0.3) is 0 Å². The van der Waals surface area contributed by atoms with Crippen molar-refractivity contribution in [2.45, 2.75) is 18.1 Å². The molecule has 0 heterocycles. The van der Waals surface area contributed by atoms with Gasteiger partial charge in [0.2, 0.25) is 0 Å². The monoisotopic (exact) mass is 244 g/mol. The predicted octanol–water partition coefficient (Wildman–Crippen LogP) is 2.13. The van der Waals surface area contributed by atoms with Crippen molar-refractivity contribution in [1.29, 1.82) is 0 Å². The fourth-order valence-corrected chi connectivity index (χ4v) is 1.81. The van der Waals surface area contributed by atoms with Gasteiger partial charge in [-0.15, -0.1) is 11.8 Å². The Morgan fingerprint density at radius 3 is 2.75 bits per heavy atom. The largest absolute Gasteiger partial charge is 0.733 e. The van der Waals surface area contributed by atoms with Gasteiger partial charge in [-0.1, -0.05) is 6.07 Å². The van der Waals surface area contributed by atoms with Crippen molar-refractivity contribution in [3.05, 3.63) is 29.0 Å². The van der Waals surface area contributed by atoms with Gasteiger partial charge in [-0.3, -0.25) is 5.21 Å². The standard InChI is InChI=1S/C10H14NO4S/c1-3-15-10(12)7-4-5-9(16-2)8(6-7)11(13)14/h4-6,10,12-13H,3H2,1-2H3/q-1. The Morgan fingerprint density at radius 1 is 1.56 bits per heavy atom. The van der Waals surface area contributed by atoms with Crippen molar-refractivity contribution in [3.63, 3.8) is 0 Å². The molecule has 0 radical (unpaired) electrons. The van der Waals surface area contributed by atoms with Crippen LogP contribution in [0, 0.1) is 5.21 Å². The molecule has 0 aromatic heterocycles. The van der Waals surface area contributed by atoms with E-state index in [0.717, 1.165) is 0 Å². The Morgan fingerprint density at radius 2 is 2.25 bits per heavy atom. The highest BCUT2D eigenvalue weighted by Gasteiger charge is 2.10. The van der Waals surface area contributed by atoms with Gasteiger partial charge in [0.1, 0.15) is 0 Å². The first-order valence-electron chi connectivity index (χ1n) is 4.73. The van der Waals surface area contributed by atoms with Crippen molar-refractivity contribution < 1.29 is 15.1 Å². The van der Waals surface area contributed by atoms with Crippen molar-refractivity contribution in [2.75, 3.05) is 18.1 Å². The van der Waals surface area contributed by atoms with E-state index in [4.69, 9.17) is 9.94 Å². The van der Waals surface area contributed by atoms with Crippen molar-refractivity contribution in [3.8, 4) is 0 Å². The van der Waals surface area contributed by atoms with E-state index < -0.39 is 6.29 Å². The molecule has 1 aromatic carbocycles. The average molecular weight is 244 g/mol. The lowest BCUT2D eigenvalue weighted by Gasteiger charge is -2.25. The maximum atomic E-state index is 10.9. The first kappa shape index (κ1) is 13.3. The fraction of sp³-hybridized carbons (Fsp3) is 0.400. The van der Waals surface area contributed by atoms with Gasteiger partial charge in [0, 0.05) is 17.1 Å². The second kappa shape index (κ2) is 6.07. The number of nitrogens with zero attached hydrogens (tertiary/aromatic N) is 1. The van der Waals surface area contributed by atoms with Gasteiger partial charge in [-0.25, -0.2) is 0 Å². The zero-order chi connectivity index (χ0) is 12.1. The first-order valence-corrected chi connectivity index (χ1v) is 5.96. The molecule has 5 nitrogen and oxygen atoms in total. The maximum absolute atomic E-state index is 10.9. The van der Waals surface area contributed by atoms with E-state index >= 15 is 0 Å². The molecule has 0 aliphatic heterocycles. The highest BCUT2D eigenvalue weighted by molar-refractivity contribution is 7.98. The van der Waals surface area contributed by atoms with E-state index in [9.17, 15) is 10.3 Å². The second-order valence-electron chi connectivity index (χ2n) is 3.01. The molecule has 1 unspecified atom stereocenters. The van der Waals surface area contributed by atoms with Crippen LogP contribution in [0.1, 0.15) is 18.8 Å². The second-order valence-corrected chi connectivity index (χ2v) is 3.86. The van der Waals surface area contributed by atoms with E-state index in [-0.39, 0.29) is 10.9 Å². The molecule has 2 N–H and O–H groups in total. The van der Waals surface area contributed by atoms with Crippen LogP contribution in [-0.2, 0) is 4.74 Å². The number of ether oxygens (including phenoxy) is 1. The molecule has 0 saturated heterocycles. The summed E-state index contributed by atoms with van der Waals surface area (Å²) < 4.78 is 4.98. The lowest BCUT2D eigenvalue weighted by atomic mass is 10.2. The summed E-state index contributed by atoms with van der Waals surface area (Å²) in [6.45, 7) is 2.12. The molecule has 1 atom stereocenters. The summed E-state index contributed by atoms with van der Waals surface area (Å²) in [6.07, 6.45) is 0.709. The Kier molecular flexibility index (Phi) is 5.04.